The van der Waals surface area contributed by atoms with Gasteiger partial charge in [0.1, 0.15) is 5.82 Å². The van der Waals surface area contributed by atoms with Gasteiger partial charge in [-0.05, 0) is 50.3 Å². The molecule has 1 aliphatic rings. The molecule has 1 aliphatic heterocycles. The van der Waals surface area contributed by atoms with Crippen molar-refractivity contribution in [1.29, 1.82) is 0 Å². The quantitative estimate of drug-likeness (QED) is 0.611. The van der Waals surface area contributed by atoms with E-state index in [2.05, 4.69) is 60.3 Å². The maximum absolute atomic E-state index is 4.76. The Morgan fingerprint density at radius 3 is 2.56 bits per heavy atom. The SMILES string of the molecule is CCNC(=NCc1ccnc(N2CCCCCC2)c1)NC(C)C(C)C. The van der Waals surface area contributed by atoms with Crippen molar-refractivity contribution in [3.05, 3.63) is 23.9 Å². The zero-order valence-corrected chi connectivity index (χ0v) is 16.4. The van der Waals surface area contributed by atoms with Gasteiger partial charge < -0.3 is 15.5 Å². The molecule has 1 saturated heterocycles. The average Bonchev–Trinajstić information content (AvgIpc) is 2.89. The Bertz CT molecular complexity index is 533. The number of guanidine groups is 1. The molecule has 140 valence electrons. The molecule has 1 aromatic rings. The lowest BCUT2D eigenvalue weighted by atomic mass is 10.1. The third-order valence-electron chi connectivity index (χ3n) is 4.87. The van der Waals surface area contributed by atoms with E-state index in [0.29, 0.717) is 18.5 Å². The van der Waals surface area contributed by atoms with Gasteiger partial charge >= 0.3 is 0 Å². The van der Waals surface area contributed by atoms with Gasteiger partial charge in [0.25, 0.3) is 0 Å². The molecule has 25 heavy (non-hydrogen) atoms. The number of rotatable bonds is 6. The number of anilines is 1. The number of aliphatic imine (C=N–C) groups is 1. The summed E-state index contributed by atoms with van der Waals surface area (Å²) in [4.78, 5) is 11.8. The van der Waals surface area contributed by atoms with Crippen molar-refractivity contribution in [2.45, 2.75) is 66.0 Å². The summed E-state index contributed by atoms with van der Waals surface area (Å²) in [7, 11) is 0. The smallest absolute Gasteiger partial charge is 0.191 e. The van der Waals surface area contributed by atoms with Crippen LogP contribution in [0.5, 0.6) is 0 Å². The highest BCUT2D eigenvalue weighted by Crippen LogP contribution is 2.18. The van der Waals surface area contributed by atoms with E-state index in [1.165, 1.54) is 31.2 Å². The Labute approximate surface area is 153 Å². The highest BCUT2D eigenvalue weighted by atomic mass is 15.2. The molecule has 1 atom stereocenters. The second kappa shape index (κ2) is 10.3. The molecule has 5 nitrogen and oxygen atoms in total. The van der Waals surface area contributed by atoms with E-state index in [-0.39, 0.29) is 0 Å². The number of nitrogens with zero attached hydrogens (tertiary/aromatic N) is 3. The topological polar surface area (TPSA) is 52.6 Å². The summed E-state index contributed by atoms with van der Waals surface area (Å²) < 4.78 is 0. The Kier molecular flexibility index (Phi) is 8.02. The van der Waals surface area contributed by atoms with Gasteiger partial charge in [-0.15, -0.1) is 0 Å². The fourth-order valence-electron chi connectivity index (χ4n) is 2.90. The Morgan fingerprint density at radius 1 is 1.20 bits per heavy atom. The zero-order valence-electron chi connectivity index (χ0n) is 16.4. The second-order valence-electron chi connectivity index (χ2n) is 7.30. The van der Waals surface area contributed by atoms with Crippen molar-refractivity contribution in [2.24, 2.45) is 10.9 Å². The maximum atomic E-state index is 4.76. The predicted molar refractivity (Wildman–Crippen MR) is 107 cm³/mol. The molecule has 0 spiro atoms. The molecule has 2 rings (SSSR count). The van der Waals surface area contributed by atoms with Crippen LogP contribution < -0.4 is 15.5 Å². The van der Waals surface area contributed by atoms with Crippen molar-refractivity contribution in [3.63, 3.8) is 0 Å². The van der Waals surface area contributed by atoms with Gasteiger partial charge in [-0.2, -0.15) is 0 Å². The molecule has 0 bridgehead atoms. The van der Waals surface area contributed by atoms with Crippen LogP contribution in [0, 0.1) is 5.92 Å². The van der Waals surface area contributed by atoms with Crippen LogP contribution in [0.2, 0.25) is 0 Å². The van der Waals surface area contributed by atoms with Crippen molar-refractivity contribution >= 4 is 11.8 Å². The normalized spacial score (nSPS) is 17.3. The van der Waals surface area contributed by atoms with E-state index < -0.39 is 0 Å². The summed E-state index contributed by atoms with van der Waals surface area (Å²) in [6.45, 7) is 12.5. The van der Waals surface area contributed by atoms with E-state index in [1.807, 2.05) is 6.20 Å². The van der Waals surface area contributed by atoms with Crippen LogP contribution in [-0.4, -0.2) is 36.6 Å². The summed E-state index contributed by atoms with van der Waals surface area (Å²) in [5.74, 6) is 2.55. The summed E-state index contributed by atoms with van der Waals surface area (Å²) in [6.07, 6.45) is 7.14. The monoisotopic (exact) mass is 345 g/mol. The van der Waals surface area contributed by atoms with E-state index in [4.69, 9.17) is 4.99 Å². The maximum Gasteiger partial charge on any atom is 0.191 e. The summed E-state index contributed by atoms with van der Waals surface area (Å²) in [5, 5.41) is 6.82. The molecule has 1 aromatic heterocycles. The fourth-order valence-corrected chi connectivity index (χ4v) is 2.90. The summed E-state index contributed by atoms with van der Waals surface area (Å²) in [6, 6.07) is 4.66. The lowest BCUT2D eigenvalue weighted by Crippen LogP contribution is -2.44. The number of hydrogen-bond donors (Lipinski definition) is 2. The van der Waals surface area contributed by atoms with Crippen LogP contribution >= 0.6 is 0 Å². The minimum absolute atomic E-state index is 0.392. The number of nitrogens with one attached hydrogen (secondary N) is 2. The molecule has 5 heteroatoms. The molecular weight excluding hydrogens is 310 g/mol. The molecule has 0 aliphatic carbocycles. The van der Waals surface area contributed by atoms with Crippen LogP contribution in [0.1, 0.15) is 58.9 Å². The highest BCUT2D eigenvalue weighted by Gasteiger charge is 2.12. The van der Waals surface area contributed by atoms with E-state index in [9.17, 15) is 0 Å². The lowest BCUT2D eigenvalue weighted by molar-refractivity contribution is 0.481. The van der Waals surface area contributed by atoms with Gasteiger partial charge in [-0.25, -0.2) is 9.98 Å². The second-order valence-corrected chi connectivity index (χ2v) is 7.30. The first kappa shape index (κ1) is 19.5. The van der Waals surface area contributed by atoms with E-state index in [1.54, 1.807) is 0 Å². The molecular formula is C20H35N5. The number of hydrogen-bond acceptors (Lipinski definition) is 3. The average molecular weight is 346 g/mol. The largest absolute Gasteiger partial charge is 0.357 e. The van der Waals surface area contributed by atoms with Crippen LogP contribution in [-0.2, 0) is 6.54 Å². The third-order valence-corrected chi connectivity index (χ3v) is 4.87. The first-order valence-corrected chi connectivity index (χ1v) is 9.85. The Hall–Kier alpha value is -1.78. The van der Waals surface area contributed by atoms with Gasteiger partial charge in [-0.3, -0.25) is 0 Å². The molecule has 0 saturated carbocycles. The highest BCUT2D eigenvalue weighted by molar-refractivity contribution is 5.80. The van der Waals surface area contributed by atoms with Gasteiger partial charge in [0, 0.05) is 31.9 Å². The summed E-state index contributed by atoms with van der Waals surface area (Å²) in [5.41, 5.74) is 1.21. The number of pyridine rings is 1. The van der Waals surface area contributed by atoms with Gasteiger partial charge in [0.2, 0.25) is 0 Å². The molecule has 0 radical (unpaired) electrons. The van der Waals surface area contributed by atoms with Crippen LogP contribution in [0.4, 0.5) is 5.82 Å². The standard InChI is InChI=1S/C20H35N5/c1-5-21-20(24-17(4)16(2)3)23-15-18-10-11-22-19(14-18)25-12-8-6-7-9-13-25/h10-11,14,16-17H,5-9,12-13,15H2,1-4H3,(H2,21,23,24). The third kappa shape index (κ3) is 6.56. The Morgan fingerprint density at radius 2 is 1.92 bits per heavy atom. The molecule has 1 fully saturated rings. The minimum Gasteiger partial charge on any atom is -0.357 e. The number of aromatic nitrogens is 1. The predicted octanol–water partition coefficient (Wildman–Crippen LogP) is 3.56. The van der Waals surface area contributed by atoms with Crippen molar-refractivity contribution < 1.29 is 0 Å². The van der Waals surface area contributed by atoms with E-state index in [0.717, 1.165) is 31.4 Å². The first-order chi connectivity index (χ1) is 12.1. The zero-order chi connectivity index (χ0) is 18.1. The molecule has 0 amide bonds. The summed E-state index contributed by atoms with van der Waals surface area (Å²) >= 11 is 0. The van der Waals surface area contributed by atoms with Gasteiger partial charge in [0.05, 0.1) is 6.54 Å². The first-order valence-electron chi connectivity index (χ1n) is 9.85. The molecule has 2 heterocycles. The van der Waals surface area contributed by atoms with Crippen molar-refractivity contribution in [1.82, 2.24) is 15.6 Å². The van der Waals surface area contributed by atoms with Gasteiger partial charge in [0.15, 0.2) is 5.96 Å². The van der Waals surface area contributed by atoms with Crippen LogP contribution in [0.3, 0.4) is 0 Å². The molecule has 2 N–H and O–H groups in total. The molecule has 0 aromatic carbocycles. The van der Waals surface area contributed by atoms with Crippen LogP contribution in [0.25, 0.3) is 0 Å². The van der Waals surface area contributed by atoms with Crippen molar-refractivity contribution in [2.75, 3.05) is 24.5 Å². The fraction of sp³-hybridized carbons (Fsp3) is 0.700. The molecule has 1 unspecified atom stereocenters. The minimum atomic E-state index is 0.392. The lowest BCUT2D eigenvalue weighted by Gasteiger charge is -2.22. The van der Waals surface area contributed by atoms with Gasteiger partial charge in [-0.1, -0.05) is 26.7 Å². The van der Waals surface area contributed by atoms with Crippen molar-refractivity contribution in [3.8, 4) is 0 Å². The Balaban J connectivity index is 2.03. The van der Waals surface area contributed by atoms with Crippen LogP contribution in [0.15, 0.2) is 23.3 Å². The van der Waals surface area contributed by atoms with E-state index >= 15 is 0 Å².